The van der Waals surface area contributed by atoms with Gasteiger partial charge in [0.2, 0.25) is 5.78 Å². The molecule has 1 aromatic carbocycles. The first kappa shape index (κ1) is 11.7. The average molecular weight is 257 g/mol. The molecule has 2 heterocycles. The van der Waals surface area contributed by atoms with E-state index < -0.39 is 5.82 Å². The van der Waals surface area contributed by atoms with E-state index in [0.717, 1.165) is 12.2 Å². The van der Waals surface area contributed by atoms with E-state index in [4.69, 9.17) is 4.42 Å². The van der Waals surface area contributed by atoms with E-state index in [9.17, 15) is 9.18 Å². The summed E-state index contributed by atoms with van der Waals surface area (Å²) in [5.74, 6) is 0.255. The Kier molecular flexibility index (Phi) is 2.71. The van der Waals surface area contributed by atoms with Crippen LogP contribution in [0.1, 0.15) is 28.8 Å². The SMILES string of the molecule is CCc1ccc(C(=O)c2c[nH]c3cccc(F)c23)o1. The number of aryl methyl sites for hydroxylation is 1. The number of halogens is 1. The van der Waals surface area contributed by atoms with E-state index in [2.05, 4.69) is 4.98 Å². The molecule has 1 N–H and O–H groups in total. The minimum Gasteiger partial charge on any atom is -0.458 e. The average Bonchev–Trinajstić information content (AvgIpc) is 3.05. The first-order chi connectivity index (χ1) is 9.20. The van der Waals surface area contributed by atoms with Gasteiger partial charge in [-0.3, -0.25) is 4.79 Å². The first-order valence-corrected chi connectivity index (χ1v) is 6.09. The molecule has 0 aliphatic heterocycles. The van der Waals surface area contributed by atoms with Gasteiger partial charge in [0.25, 0.3) is 0 Å². The molecule has 3 aromatic rings. The van der Waals surface area contributed by atoms with Crippen LogP contribution in [0.2, 0.25) is 0 Å². The standard InChI is InChI=1S/C15H12FNO2/c1-2-9-6-7-13(19-9)15(18)10-8-17-12-5-3-4-11(16)14(10)12/h3-8,17H,2H2,1H3. The smallest absolute Gasteiger partial charge is 0.230 e. The zero-order chi connectivity index (χ0) is 13.4. The summed E-state index contributed by atoms with van der Waals surface area (Å²) >= 11 is 0. The lowest BCUT2D eigenvalue weighted by molar-refractivity contribution is 0.101. The summed E-state index contributed by atoms with van der Waals surface area (Å²) in [6, 6.07) is 8.06. The molecular weight excluding hydrogens is 245 g/mol. The summed E-state index contributed by atoms with van der Waals surface area (Å²) in [7, 11) is 0. The molecule has 0 spiro atoms. The summed E-state index contributed by atoms with van der Waals surface area (Å²) < 4.78 is 19.2. The number of carbonyl (C=O) groups excluding carboxylic acids is 1. The molecule has 0 unspecified atom stereocenters. The molecule has 0 aliphatic rings. The van der Waals surface area contributed by atoms with Crippen molar-refractivity contribution in [3.63, 3.8) is 0 Å². The molecule has 2 aromatic heterocycles. The Hall–Kier alpha value is -2.36. The molecule has 0 saturated heterocycles. The van der Waals surface area contributed by atoms with Crippen molar-refractivity contribution >= 4 is 16.7 Å². The minimum absolute atomic E-state index is 0.237. The number of fused-ring (bicyclic) bond motifs is 1. The monoisotopic (exact) mass is 257 g/mol. The number of rotatable bonds is 3. The zero-order valence-electron chi connectivity index (χ0n) is 10.4. The van der Waals surface area contributed by atoms with Crippen LogP contribution in [0, 0.1) is 5.82 Å². The van der Waals surface area contributed by atoms with Gasteiger partial charge in [-0.15, -0.1) is 0 Å². The maximum absolute atomic E-state index is 13.8. The van der Waals surface area contributed by atoms with E-state index in [1.165, 1.54) is 12.3 Å². The van der Waals surface area contributed by atoms with Gasteiger partial charge in [0.15, 0.2) is 5.76 Å². The van der Waals surface area contributed by atoms with Crippen molar-refractivity contribution in [2.45, 2.75) is 13.3 Å². The third-order valence-electron chi connectivity index (χ3n) is 3.13. The number of furan rings is 1. The van der Waals surface area contributed by atoms with E-state index in [0.29, 0.717) is 16.5 Å². The summed E-state index contributed by atoms with van der Waals surface area (Å²) in [6.07, 6.45) is 2.24. The quantitative estimate of drug-likeness (QED) is 0.727. The maximum Gasteiger partial charge on any atom is 0.230 e. The maximum atomic E-state index is 13.8. The van der Waals surface area contributed by atoms with E-state index in [1.54, 1.807) is 24.3 Å². The number of hydrogen-bond donors (Lipinski definition) is 1. The number of hydrogen-bond acceptors (Lipinski definition) is 2. The summed E-state index contributed by atoms with van der Waals surface area (Å²) in [4.78, 5) is 15.2. The first-order valence-electron chi connectivity index (χ1n) is 6.09. The van der Waals surface area contributed by atoms with Crippen LogP contribution in [0.4, 0.5) is 4.39 Å². The van der Waals surface area contributed by atoms with Crippen LogP contribution in [0.25, 0.3) is 10.9 Å². The molecule has 0 fully saturated rings. The number of nitrogens with one attached hydrogen (secondary N) is 1. The normalized spacial score (nSPS) is 11.1. The molecular formula is C15H12FNO2. The number of aromatic amines is 1. The summed E-state index contributed by atoms with van der Waals surface area (Å²) in [5, 5.41) is 0.307. The second-order valence-electron chi connectivity index (χ2n) is 4.31. The highest BCUT2D eigenvalue weighted by Crippen LogP contribution is 2.24. The predicted octanol–water partition coefficient (Wildman–Crippen LogP) is 3.69. The van der Waals surface area contributed by atoms with Crippen molar-refractivity contribution in [3.8, 4) is 0 Å². The number of carbonyl (C=O) groups is 1. The third-order valence-corrected chi connectivity index (χ3v) is 3.13. The van der Waals surface area contributed by atoms with Gasteiger partial charge in [0, 0.05) is 23.5 Å². The van der Waals surface area contributed by atoms with E-state index >= 15 is 0 Å². The Bertz CT molecular complexity index is 754. The van der Waals surface area contributed by atoms with E-state index in [1.807, 2.05) is 6.92 Å². The zero-order valence-corrected chi connectivity index (χ0v) is 10.4. The lowest BCUT2D eigenvalue weighted by Gasteiger charge is -1.97. The Morgan fingerprint density at radius 2 is 2.16 bits per heavy atom. The fourth-order valence-electron chi connectivity index (χ4n) is 2.14. The summed E-state index contributed by atoms with van der Waals surface area (Å²) in [6.45, 7) is 1.94. The molecule has 0 atom stereocenters. The van der Waals surface area contributed by atoms with Crippen molar-refractivity contribution in [2.75, 3.05) is 0 Å². The molecule has 3 rings (SSSR count). The van der Waals surface area contributed by atoms with Crippen molar-refractivity contribution in [1.29, 1.82) is 0 Å². The molecule has 0 amide bonds. The van der Waals surface area contributed by atoms with Gasteiger partial charge in [-0.1, -0.05) is 13.0 Å². The second-order valence-corrected chi connectivity index (χ2v) is 4.31. The number of aromatic nitrogens is 1. The van der Waals surface area contributed by atoms with Gasteiger partial charge in [-0.25, -0.2) is 4.39 Å². The molecule has 4 heteroatoms. The Labute approximate surface area is 109 Å². The fraction of sp³-hybridized carbons (Fsp3) is 0.133. The van der Waals surface area contributed by atoms with E-state index in [-0.39, 0.29) is 11.5 Å². The summed E-state index contributed by atoms with van der Waals surface area (Å²) in [5.41, 5.74) is 0.899. The molecule has 0 radical (unpaired) electrons. The molecule has 0 saturated carbocycles. The third kappa shape index (κ3) is 1.85. The number of ketones is 1. The second kappa shape index (κ2) is 4.39. The Balaban J connectivity index is 2.11. The van der Waals surface area contributed by atoms with Crippen LogP contribution in [0.3, 0.4) is 0 Å². The van der Waals surface area contributed by atoms with Gasteiger partial charge in [0.05, 0.1) is 5.56 Å². The highest BCUT2D eigenvalue weighted by atomic mass is 19.1. The largest absolute Gasteiger partial charge is 0.458 e. The molecule has 96 valence electrons. The van der Waals surface area contributed by atoms with Crippen LogP contribution in [0.15, 0.2) is 40.9 Å². The van der Waals surface area contributed by atoms with Gasteiger partial charge in [0.1, 0.15) is 11.6 Å². The molecule has 3 nitrogen and oxygen atoms in total. The predicted molar refractivity (Wildman–Crippen MR) is 69.8 cm³/mol. The minimum atomic E-state index is -0.413. The topological polar surface area (TPSA) is 46.0 Å². The van der Waals surface area contributed by atoms with Crippen molar-refractivity contribution in [1.82, 2.24) is 4.98 Å². The van der Waals surface area contributed by atoms with Crippen LogP contribution >= 0.6 is 0 Å². The molecule has 19 heavy (non-hydrogen) atoms. The fourth-order valence-corrected chi connectivity index (χ4v) is 2.14. The van der Waals surface area contributed by atoms with Gasteiger partial charge in [-0.05, 0) is 24.3 Å². The van der Waals surface area contributed by atoms with Crippen LogP contribution in [-0.4, -0.2) is 10.8 Å². The number of benzene rings is 1. The number of H-pyrrole nitrogens is 1. The Morgan fingerprint density at radius 1 is 1.32 bits per heavy atom. The highest BCUT2D eigenvalue weighted by molar-refractivity contribution is 6.15. The van der Waals surface area contributed by atoms with Gasteiger partial charge < -0.3 is 9.40 Å². The lowest BCUT2D eigenvalue weighted by atomic mass is 10.1. The molecule has 0 bridgehead atoms. The lowest BCUT2D eigenvalue weighted by Crippen LogP contribution is -1.99. The van der Waals surface area contributed by atoms with Crippen molar-refractivity contribution in [3.05, 3.63) is 59.4 Å². The van der Waals surface area contributed by atoms with Gasteiger partial charge in [-0.2, -0.15) is 0 Å². The van der Waals surface area contributed by atoms with Crippen molar-refractivity contribution in [2.24, 2.45) is 0 Å². The molecule has 0 aliphatic carbocycles. The van der Waals surface area contributed by atoms with Crippen LogP contribution in [0.5, 0.6) is 0 Å². The van der Waals surface area contributed by atoms with Gasteiger partial charge >= 0.3 is 0 Å². The van der Waals surface area contributed by atoms with Crippen LogP contribution < -0.4 is 0 Å². The highest BCUT2D eigenvalue weighted by Gasteiger charge is 2.19. The van der Waals surface area contributed by atoms with Crippen LogP contribution in [-0.2, 0) is 6.42 Å². The Morgan fingerprint density at radius 3 is 2.89 bits per heavy atom. The van der Waals surface area contributed by atoms with Crippen molar-refractivity contribution < 1.29 is 13.6 Å².